The van der Waals surface area contributed by atoms with Crippen molar-refractivity contribution in [3.05, 3.63) is 0 Å². The van der Waals surface area contributed by atoms with E-state index >= 15 is 0 Å². The highest BCUT2D eigenvalue weighted by atomic mass is 15.2. The minimum atomic E-state index is 0.732. The van der Waals surface area contributed by atoms with Crippen LogP contribution in [-0.2, 0) is 0 Å². The van der Waals surface area contributed by atoms with Crippen molar-refractivity contribution in [2.24, 2.45) is 11.7 Å². The Kier molecular flexibility index (Phi) is 4.70. The first-order chi connectivity index (χ1) is 6.26. The maximum Gasteiger partial charge on any atom is 0.0455 e. The van der Waals surface area contributed by atoms with E-state index in [-0.39, 0.29) is 0 Å². The maximum atomic E-state index is 5.59. The molecule has 0 aliphatic carbocycles. The zero-order chi connectivity index (χ0) is 9.68. The molecule has 1 heterocycles. The van der Waals surface area contributed by atoms with Gasteiger partial charge in [0.25, 0.3) is 0 Å². The van der Waals surface area contributed by atoms with Crippen LogP contribution in [0.15, 0.2) is 0 Å². The fourth-order valence-electron chi connectivity index (χ4n) is 1.92. The lowest BCUT2D eigenvalue weighted by molar-refractivity contribution is 0.159. The Morgan fingerprint density at radius 3 is 2.46 bits per heavy atom. The topological polar surface area (TPSA) is 32.5 Å². The number of likely N-dealkylation sites (tertiary alicyclic amines) is 1. The van der Waals surface area contributed by atoms with Crippen molar-refractivity contribution in [1.82, 2.24) is 9.80 Å². The van der Waals surface area contributed by atoms with Gasteiger partial charge in [-0.25, -0.2) is 0 Å². The molecule has 0 amide bonds. The number of hydrogen-bond acceptors (Lipinski definition) is 3. The van der Waals surface area contributed by atoms with Gasteiger partial charge < -0.3 is 10.6 Å². The molecular weight excluding hydrogens is 162 g/mol. The summed E-state index contributed by atoms with van der Waals surface area (Å²) in [7, 11) is 2.20. The van der Waals surface area contributed by atoms with Crippen LogP contribution in [0.5, 0.6) is 0 Å². The van der Waals surface area contributed by atoms with Gasteiger partial charge in [0.15, 0.2) is 0 Å². The quantitative estimate of drug-likeness (QED) is 0.695. The Morgan fingerprint density at radius 1 is 1.38 bits per heavy atom. The van der Waals surface area contributed by atoms with Crippen LogP contribution >= 0.6 is 0 Å². The van der Waals surface area contributed by atoms with Crippen molar-refractivity contribution in [3.63, 3.8) is 0 Å². The molecular formula is C10H23N3. The van der Waals surface area contributed by atoms with Gasteiger partial charge in [0.2, 0.25) is 0 Å². The van der Waals surface area contributed by atoms with Crippen molar-refractivity contribution in [2.45, 2.75) is 19.8 Å². The van der Waals surface area contributed by atoms with Crippen molar-refractivity contribution >= 4 is 0 Å². The number of rotatable bonds is 4. The molecule has 0 radical (unpaired) electrons. The first-order valence-electron chi connectivity index (χ1n) is 5.37. The fourth-order valence-corrected chi connectivity index (χ4v) is 1.92. The second-order valence-corrected chi connectivity index (χ2v) is 4.10. The molecule has 3 heteroatoms. The monoisotopic (exact) mass is 185 g/mol. The van der Waals surface area contributed by atoms with Crippen molar-refractivity contribution < 1.29 is 0 Å². The second kappa shape index (κ2) is 5.58. The summed E-state index contributed by atoms with van der Waals surface area (Å²) in [6.07, 6.45) is 2.64. The lowest BCUT2D eigenvalue weighted by atomic mass is 9.96. The Morgan fingerprint density at radius 2 is 2.00 bits per heavy atom. The standard InChI is InChI=1S/C10H23N3/c1-3-12(2)8-10-4-6-13(9-11)7-5-10/h10H,3-9,11H2,1-2H3. The molecule has 78 valence electrons. The van der Waals surface area contributed by atoms with E-state index in [1.165, 1.54) is 32.5 Å². The van der Waals surface area contributed by atoms with E-state index in [9.17, 15) is 0 Å². The molecule has 1 aliphatic heterocycles. The molecule has 0 aromatic rings. The van der Waals surface area contributed by atoms with E-state index in [0.717, 1.165) is 19.1 Å². The summed E-state index contributed by atoms with van der Waals surface area (Å²) >= 11 is 0. The van der Waals surface area contributed by atoms with Crippen LogP contribution in [0.1, 0.15) is 19.8 Å². The van der Waals surface area contributed by atoms with E-state index < -0.39 is 0 Å². The Hall–Kier alpha value is -0.120. The average Bonchev–Trinajstić information content (AvgIpc) is 2.19. The van der Waals surface area contributed by atoms with Crippen LogP contribution in [-0.4, -0.2) is 49.7 Å². The van der Waals surface area contributed by atoms with Gasteiger partial charge in [0.05, 0.1) is 0 Å². The van der Waals surface area contributed by atoms with Crippen molar-refractivity contribution in [3.8, 4) is 0 Å². The van der Waals surface area contributed by atoms with Crippen LogP contribution < -0.4 is 5.73 Å². The van der Waals surface area contributed by atoms with Crippen LogP contribution in [0, 0.1) is 5.92 Å². The predicted octanol–water partition coefficient (Wildman–Crippen LogP) is 0.566. The third-order valence-corrected chi connectivity index (χ3v) is 3.08. The van der Waals surface area contributed by atoms with E-state index in [4.69, 9.17) is 5.73 Å². The molecule has 0 bridgehead atoms. The number of hydrogen-bond donors (Lipinski definition) is 1. The molecule has 0 aromatic heterocycles. The Balaban J connectivity index is 2.17. The molecule has 2 N–H and O–H groups in total. The van der Waals surface area contributed by atoms with Gasteiger partial charge in [0, 0.05) is 13.2 Å². The molecule has 1 aliphatic rings. The average molecular weight is 185 g/mol. The summed E-state index contributed by atoms with van der Waals surface area (Å²) in [6, 6.07) is 0. The SMILES string of the molecule is CCN(C)CC1CCN(CN)CC1. The van der Waals surface area contributed by atoms with Gasteiger partial charge in [-0.2, -0.15) is 0 Å². The highest BCUT2D eigenvalue weighted by molar-refractivity contribution is 4.73. The van der Waals surface area contributed by atoms with Crippen LogP contribution in [0.4, 0.5) is 0 Å². The Labute approximate surface area is 81.9 Å². The van der Waals surface area contributed by atoms with E-state index in [2.05, 4.69) is 23.8 Å². The third-order valence-electron chi connectivity index (χ3n) is 3.08. The molecule has 13 heavy (non-hydrogen) atoms. The lowest BCUT2D eigenvalue weighted by Crippen LogP contribution is -2.40. The summed E-state index contributed by atoms with van der Waals surface area (Å²) < 4.78 is 0. The summed E-state index contributed by atoms with van der Waals surface area (Å²) in [5, 5.41) is 0. The van der Waals surface area contributed by atoms with Gasteiger partial charge >= 0.3 is 0 Å². The highest BCUT2D eigenvalue weighted by Gasteiger charge is 2.18. The third kappa shape index (κ3) is 3.63. The van der Waals surface area contributed by atoms with Crippen LogP contribution in [0.3, 0.4) is 0 Å². The zero-order valence-corrected chi connectivity index (χ0v) is 9.00. The summed E-state index contributed by atoms with van der Waals surface area (Å²) in [4.78, 5) is 4.74. The highest BCUT2D eigenvalue weighted by Crippen LogP contribution is 2.16. The number of nitrogens with zero attached hydrogens (tertiary/aromatic N) is 2. The molecule has 1 saturated heterocycles. The van der Waals surface area contributed by atoms with Gasteiger partial charge in [-0.05, 0) is 45.4 Å². The largest absolute Gasteiger partial charge is 0.318 e. The number of nitrogens with two attached hydrogens (primary N) is 1. The lowest BCUT2D eigenvalue weighted by Gasteiger charge is -2.32. The fraction of sp³-hybridized carbons (Fsp3) is 1.00. The van der Waals surface area contributed by atoms with Gasteiger partial charge in [0.1, 0.15) is 0 Å². The predicted molar refractivity (Wildman–Crippen MR) is 56.5 cm³/mol. The Bertz CT molecular complexity index is 130. The number of piperidine rings is 1. The summed E-state index contributed by atoms with van der Waals surface area (Å²) in [5.41, 5.74) is 5.59. The minimum absolute atomic E-state index is 0.732. The summed E-state index contributed by atoms with van der Waals surface area (Å²) in [6.45, 7) is 7.76. The molecule has 0 aromatic carbocycles. The van der Waals surface area contributed by atoms with Crippen molar-refractivity contribution in [2.75, 3.05) is 39.9 Å². The van der Waals surface area contributed by atoms with Gasteiger partial charge in [-0.1, -0.05) is 6.92 Å². The molecule has 1 fully saturated rings. The first-order valence-corrected chi connectivity index (χ1v) is 5.37. The maximum absolute atomic E-state index is 5.59. The van der Waals surface area contributed by atoms with Crippen LogP contribution in [0.25, 0.3) is 0 Å². The molecule has 0 saturated carbocycles. The minimum Gasteiger partial charge on any atom is -0.318 e. The molecule has 0 spiro atoms. The van der Waals surface area contributed by atoms with Crippen molar-refractivity contribution in [1.29, 1.82) is 0 Å². The van der Waals surface area contributed by atoms with E-state index in [1.807, 2.05) is 0 Å². The normalized spacial score (nSPS) is 21.2. The van der Waals surface area contributed by atoms with Crippen LogP contribution in [0.2, 0.25) is 0 Å². The van der Waals surface area contributed by atoms with E-state index in [1.54, 1.807) is 0 Å². The van der Waals surface area contributed by atoms with Gasteiger partial charge in [-0.3, -0.25) is 4.90 Å². The molecule has 0 unspecified atom stereocenters. The molecule has 3 nitrogen and oxygen atoms in total. The van der Waals surface area contributed by atoms with E-state index in [0.29, 0.717) is 0 Å². The zero-order valence-electron chi connectivity index (χ0n) is 9.00. The second-order valence-electron chi connectivity index (χ2n) is 4.10. The molecule has 1 rings (SSSR count). The smallest absolute Gasteiger partial charge is 0.0455 e. The molecule has 0 atom stereocenters. The summed E-state index contributed by atoms with van der Waals surface area (Å²) in [5.74, 6) is 0.896. The first kappa shape index (κ1) is 11.0. The van der Waals surface area contributed by atoms with Gasteiger partial charge in [-0.15, -0.1) is 0 Å².